The first-order valence-corrected chi connectivity index (χ1v) is 14.2. The summed E-state index contributed by atoms with van der Waals surface area (Å²) in [7, 11) is -1.83. The lowest BCUT2D eigenvalue weighted by molar-refractivity contribution is -0.138. The van der Waals surface area contributed by atoms with Crippen LogP contribution in [0.5, 0.6) is 5.75 Å². The van der Waals surface area contributed by atoms with Crippen LogP contribution in [0.25, 0.3) is 0 Å². The van der Waals surface area contributed by atoms with Gasteiger partial charge in [0.15, 0.2) is 0 Å². The van der Waals surface area contributed by atoms with Crippen molar-refractivity contribution in [1.29, 1.82) is 0 Å². The Morgan fingerprint density at radius 3 is 2.17 bits per heavy atom. The van der Waals surface area contributed by atoms with E-state index >= 15 is 0 Å². The summed E-state index contributed by atoms with van der Waals surface area (Å²) in [4.78, 5) is 15.5. The topological polar surface area (TPSA) is 66.9 Å². The summed E-state index contributed by atoms with van der Waals surface area (Å²) < 4.78 is 32.9. The average molecular weight is 499 g/mol. The maximum atomic E-state index is 13.2. The molecule has 0 saturated carbocycles. The van der Waals surface area contributed by atoms with Gasteiger partial charge in [0.2, 0.25) is 15.9 Å². The quantitative estimate of drug-likeness (QED) is 0.560. The number of sulfonamides is 1. The van der Waals surface area contributed by atoms with Crippen molar-refractivity contribution in [3.05, 3.63) is 59.2 Å². The maximum absolute atomic E-state index is 13.2. The van der Waals surface area contributed by atoms with Crippen LogP contribution in [0.3, 0.4) is 0 Å². The van der Waals surface area contributed by atoms with Gasteiger partial charge in [0.25, 0.3) is 0 Å². The minimum atomic E-state index is -3.51. The van der Waals surface area contributed by atoms with Gasteiger partial charge in [0.05, 0.1) is 12.0 Å². The van der Waals surface area contributed by atoms with Gasteiger partial charge in [-0.1, -0.05) is 18.2 Å². The molecule has 35 heavy (non-hydrogen) atoms. The van der Waals surface area contributed by atoms with Crippen LogP contribution in [-0.4, -0.2) is 56.8 Å². The van der Waals surface area contributed by atoms with E-state index in [4.69, 9.17) is 4.74 Å². The molecule has 2 saturated heterocycles. The molecule has 2 aliphatic heterocycles. The molecule has 0 bridgehead atoms. The van der Waals surface area contributed by atoms with E-state index in [2.05, 4.69) is 12.1 Å². The summed E-state index contributed by atoms with van der Waals surface area (Å²) in [6.45, 7) is 6.35. The lowest BCUT2D eigenvalue weighted by Crippen LogP contribution is -2.46. The van der Waals surface area contributed by atoms with E-state index < -0.39 is 10.0 Å². The van der Waals surface area contributed by atoms with Crippen LogP contribution >= 0.6 is 0 Å². The van der Waals surface area contributed by atoms with Crippen molar-refractivity contribution in [2.75, 3.05) is 33.3 Å². The van der Waals surface area contributed by atoms with E-state index in [9.17, 15) is 13.2 Å². The van der Waals surface area contributed by atoms with Crippen molar-refractivity contribution >= 4 is 15.9 Å². The number of likely N-dealkylation sites (tertiary alicyclic amines) is 1. The molecule has 7 heteroatoms. The lowest BCUT2D eigenvalue weighted by atomic mass is 9.89. The highest BCUT2D eigenvalue weighted by Gasteiger charge is 2.35. The number of hydrogen-bond donors (Lipinski definition) is 0. The van der Waals surface area contributed by atoms with E-state index in [1.807, 2.05) is 36.9 Å². The largest absolute Gasteiger partial charge is 0.497 e. The summed E-state index contributed by atoms with van der Waals surface area (Å²) in [6.07, 6.45) is 5.48. The second kappa shape index (κ2) is 11.1. The van der Waals surface area contributed by atoms with Crippen LogP contribution in [0.15, 0.2) is 47.4 Å². The van der Waals surface area contributed by atoms with Crippen LogP contribution < -0.4 is 4.74 Å². The second-order valence-electron chi connectivity index (χ2n) is 10.1. The molecule has 6 nitrogen and oxygen atoms in total. The first-order chi connectivity index (χ1) is 16.8. The van der Waals surface area contributed by atoms with E-state index in [0.717, 1.165) is 55.6 Å². The normalized spacial score (nSPS) is 18.5. The Morgan fingerprint density at radius 1 is 0.914 bits per heavy atom. The van der Waals surface area contributed by atoms with Gasteiger partial charge < -0.3 is 9.64 Å². The number of piperidine rings is 2. The summed E-state index contributed by atoms with van der Waals surface area (Å²) >= 11 is 0. The molecule has 2 aromatic rings. The molecule has 0 radical (unpaired) electrons. The van der Waals surface area contributed by atoms with Gasteiger partial charge >= 0.3 is 0 Å². The van der Waals surface area contributed by atoms with Gasteiger partial charge in [0, 0.05) is 32.1 Å². The molecule has 2 fully saturated rings. The SMILES string of the molecule is COc1ccc(CCC2CCN(C(=O)C3CCN(S(=O)(=O)c4ccc(C)c(C)c4)CC3)CC2)cc1. The minimum Gasteiger partial charge on any atom is -0.497 e. The standard InChI is InChI=1S/C28H38N2O4S/c1-21-4-11-27(20-22(21)2)35(32,33)30-18-14-25(15-19-30)28(31)29-16-12-24(13-17-29)6-5-23-7-9-26(34-3)10-8-23/h4,7-11,20,24-25H,5-6,12-19H2,1-3H3. The van der Waals surface area contributed by atoms with Crippen LogP contribution in [0, 0.1) is 25.7 Å². The summed E-state index contributed by atoms with van der Waals surface area (Å²) in [5.74, 6) is 1.67. The smallest absolute Gasteiger partial charge is 0.243 e. The van der Waals surface area contributed by atoms with Crippen molar-refractivity contribution in [2.45, 2.75) is 57.3 Å². The highest BCUT2D eigenvalue weighted by molar-refractivity contribution is 7.89. The first-order valence-electron chi connectivity index (χ1n) is 12.8. The fourth-order valence-corrected chi connectivity index (χ4v) is 6.79. The number of benzene rings is 2. The zero-order chi connectivity index (χ0) is 25.0. The molecule has 0 unspecified atom stereocenters. The monoisotopic (exact) mass is 498 g/mol. The third kappa shape index (κ3) is 6.07. The maximum Gasteiger partial charge on any atom is 0.243 e. The van der Waals surface area contributed by atoms with Gasteiger partial charge in [-0.05, 0) is 99.2 Å². The molecule has 1 amide bonds. The van der Waals surface area contributed by atoms with Crippen LogP contribution in [0.2, 0.25) is 0 Å². The van der Waals surface area contributed by atoms with Crippen molar-refractivity contribution in [3.63, 3.8) is 0 Å². The molecule has 0 spiro atoms. The Balaban J connectivity index is 1.23. The van der Waals surface area contributed by atoms with Gasteiger partial charge in [-0.15, -0.1) is 0 Å². The number of ether oxygens (including phenoxy) is 1. The third-order valence-corrected chi connectivity index (χ3v) is 9.74. The number of methoxy groups -OCH3 is 1. The van der Waals surface area contributed by atoms with Gasteiger partial charge in [0.1, 0.15) is 5.75 Å². The number of carbonyl (C=O) groups excluding carboxylic acids is 1. The third-order valence-electron chi connectivity index (χ3n) is 7.85. The zero-order valence-corrected chi connectivity index (χ0v) is 22.0. The molecule has 4 rings (SSSR count). The number of carbonyl (C=O) groups is 1. The Morgan fingerprint density at radius 2 is 1.57 bits per heavy atom. The lowest BCUT2D eigenvalue weighted by Gasteiger charge is -2.37. The highest BCUT2D eigenvalue weighted by atomic mass is 32.2. The average Bonchev–Trinajstić information content (AvgIpc) is 2.89. The molecule has 2 aliphatic rings. The van der Waals surface area contributed by atoms with Gasteiger partial charge in [-0.3, -0.25) is 4.79 Å². The predicted octanol–water partition coefficient (Wildman–Crippen LogP) is 4.58. The number of nitrogens with zero attached hydrogens (tertiary/aromatic N) is 2. The minimum absolute atomic E-state index is 0.0722. The molecule has 0 aromatic heterocycles. The fourth-order valence-electron chi connectivity index (χ4n) is 5.23. The highest BCUT2D eigenvalue weighted by Crippen LogP contribution is 2.29. The first kappa shape index (κ1) is 25.7. The summed E-state index contributed by atoms with van der Waals surface area (Å²) in [5, 5.41) is 0. The molecule has 190 valence electrons. The Bertz CT molecular complexity index is 1110. The molecule has 0 N–H and O–H groups in total. The van der Waals surface area contributed by atoms with E-state index in [0.29, 0.717) is 36.7 Å². The summed E-state index contributed by atoms with van der Waals surface area (Å²) in [6, 6.07) is 13.6. The van der Waals surface area contributed by atoms with Crippen LogP contribution in [-0.2, 0) is 21.2 Å². The molecular formula is C28H38N2O4S. The van der Waals surface area contributed by atoms with Crippen molar-refractivity contribution < 1.29 is 17.9 Å². The molecule has 0 atom stereocenters. The molecular weight excluding hydrogens is 460 g/mol. The number of rotatable bonds is 7. The van der Waals surface area contributed by atoms with E-state index in [-0.39, 0.29) is 11.8 Å². The van der Waals surface area contributed by atoms with Crippen LogP contribution in [0.4, 0.5) is 0 Å². The van der Waals surface area contributed by atoms with Gasteiger partial charge in [-0.2, -0.15) is 4.31 Å². The number of aryl methyl sites for hydroxylation is 3. The van der Waals surface area contributed by atoms with E-state index in [1.165, 1.54) is 5.56 Å². The zero-order valence-electron chi connectivity index (χ0n) is 21.2. The fraction of sp³-hybridized carbons (Fsp3) is 0.536. The Labute approximate surface area is 210 Å². The molecule has 2 heterocycles. The van der Waals surface area contributed by atoms with Crippen molar-refractivity contribution in [3.8, 4) is 5.75 Å². The molecule has 2 aromatic carbocycles. The van der Waals surface area contributed by atoms with Gasteiger partial charge in [-0.25, -0.2) is 8.42 Å². The Hall–Kier alpha value is -2.38. The number of amides is 1. The molecule has 0 aliphatic carbocycles. The summed E-state index contributed by atoms with van der Waals surface area (Å²) in [5.41, 5.74) is 3.38. The van der Waals surface area contributed by atoms with E-state index in [1.54, 1.807) is 23.5 Å². The Kier molecular flexibility index (Phi) is 8.17. The predicted molar refractivity (Wildman–Crippen MR) is 138 cm³/mol. The number of hydrogen-bond acceptors (Lipinski definition) is 4. The second-order valence-corrected chi connectivity index (χ2v) is 12.0. The van der Waals surface area contributed by atoms with Crippen molar-refractivity contribution in [1.82, 2.24) is 9.21 Å². The van der Waals surface area contributed by atoms with Crippen molar-refractivity contribution in [2.24, 2.45) is 11.8 Å². The van der Waals surface area contributed by atoms with Crippen LogP contribution in [0.1, 0.15) is 48.8 Å².